The van der Waals surface area contributed by atoms with Crippen molar-refractivity contribution in [2.24, 2.45) is 5.92 Å². The van der Waals surface area contributed by atoms with Crippen LogP contribution in [0.1, 0.15) is 50.5 Å². The highest BCUT2D eigenvalue weighted by molar-refractivity contribution is 5.86. The first kappa shape index (κ1) is 23.1. The zero-order valence-corrected chi connectivity index (χ0v) is 19.6. The van der Waals surface area contributed by atoms with Crippen molar-refractivity contribution in [2.75, 3.05) is 46.9 Å². The Morgan fingerprint density at radius 2 is 1.84 bits per heavy atom. The fourth-order valence-corrected chi connectivity index (χ4v) is 5.93. The summed E-state index contributed by atoms with van der Waals surface area (Å²) in [6, 6.07) is 10.7. The second-order valence-electron chi connectivity index (χ2n) is 10.1. The van der Waals surface area contributed by atoms with Gasteiger partial charge in [-0.3, -0.25) is 9.69 Å². The number of nitrogens with one attached hydrogen (secondary N) is 1. The van der Waals surface area contributed by atoms with Gasteiger partial charge in [-0.1, -0.05) is 36.8 Å². The number of carbonyl (C=O) groups excluding carboxylic acids is 2. The number of urea groups is 1. The quantitative estimate of drug-likeness (QED) is 0.648. The molecule has 1 aromatic carbocycles. The van der Waals surface area contributed by atoms with Gasteiger partial charge in [0.1, 0.15) is 6.54 Å². The highest BCUT2D eigenvalue weighted by Gasteiger charge is 2.55. The number of carbonyl (C=O) groups is 2. The smallest absolute Gasteiger partial charge is 0.321 e. The molecule has 0 atom stereocenters. The number of amides is 3. The van der Waals surface area contributed by atoms with E-state index in [1.807, 2.05) is 0 Å². The maximum absolute atomic E-state index is 13.4. The average Bonchev–Trinajstić information content (AvgIpc) is 3.00. The van der Waals surface area contributed by atoms with Crippen molar-refractivity contribution >= 4 is 11.9 Å². The molecule has 3 aliphatic rings. The van der Waals surface area contributed by atoms with Crippen molar-refractivity contribution < 1.29 is 14.7 Å². The number of aliphatic hydroxyl groups is 1. The van der Waals surface area contributed by atoms with Gasteiger partial charge in [-0.05, 0) is 64.1 Å². The molecule has 3 fully saturated rings. The molecule has 0 bridgehead atoms. The van der Waals surface area contributed by atoms with Crippen molar-refractivity contribution in [3.8, 4) is 0 Å². The summed E-state index contributed by atoms with van der Waals surface area (Å²) in [5.74, 6) is 0.393. The van der Waals surface area contributed by atoms with Crippen LogP contribution in [-0.2, 0) is 10.3 Å². The summed E-state index contributed by atoms with van der Waals surface area (Å²) >= 11 is 0. The maximum Gasteiger partial charge on any atom is 0.321 e. The van der Waals surface area contributed by atoms with Crippen LogP contribution in [0.4, 0.5) is 4.79 Å². The molecule has 4 rings (SSSR count). The van der Waals surface area contributed by atoms with Gasteiger partial charge in [-0.2, -0.15) is 0 Å². The minimum atomic E-state index is -0.198. The van der Waals surface area contributed by atoms with Crippen LogP contribution in [0.25, 0.3) is 0 Å². The molecule has 7 heteroatoms. The van der Waals surface area contributed by atoms with Crippen LogP contribution in [-0.4, -0.2) is 84.2 Å². The van der Waals surface area contributed by atoms with E-state index in [9.17, 15) is 9.59 Å². The predicted octanol–water partition coefficient (Wildman–Crippen LogP) is 2.40. The van der Waals surface area contributed by atoms with E-state index < -0.39 is 0 Å². The summed E-state index contributed by atoms with van der Waals surface area (Å²) in [5.41, 5.74) is 1.12. The van der Waals surface area contributed by atoms with Crippen LogP contribution in [0.15, 0.2) is 30.3 Å². The van der Waals surface area contributed by atoms with Gasteiger partial charge in [0.15, 0.2) is 0 Å². The van der Waals surface area contributed by atoms with Gasteiger partial charge in [-0.15, -0.1) is 0 Å². The van der Waals surface area contributed by atoms with E-state index in [1.54, 1.807) is 4.90 Å². The van der Waals surface area contributed by atoms with E-state index in [0.29, 0.717) is 12.5 Å². The lowest BCUT2D eigenvalue weighted by Gasteiger charge is -2.51. The van der Waals surface area contributed by atoms with E-state index in [2.05, 4.69) is 59.5 Å². The molecule has 1 aromatic rings. The van der Waals surface area contributed by atoms with Gasteiger partial charge in [-0.25, -0.2) is 4.79 Å². The van der Waals surface area contributed by atoms with Gasteiger partial charge >= 0.3 is 6.03 Å². The molecule has 7 nitrogen and oxygen atoms in total. The van der Waals surface area contributed by atoms with Gasteiger partial charge in [0.25, 0.3) is 0 Å². The maximum atomic E-state index is 13.4. The Morgan fingerprint density at radius 1 is 1.16 bits per heavy atom. The highest BCUT2D eigenvalue weighted by Crippen LogP contribution is 2.49. The standard InChI is InChI=1S/C25H38N4O3/c1-27(2)25(21-9-4-3-5-10-21)13-11-24(12-14-25)19-28(18-22(31)26-15-16-30)23(32)29(24)17-20-7-6-8-20/h3-5,9-10,20,30H,6-8,11-19H2,1-2H3,(H,26,31)/t24-,25+. The number of benzene rings is 1. The van der Waals surface area contributed by atoms with E-state index >= 15 is 0 Å². The van der Waals surface area contributed by atoms with Crippen LogP contribution in [0.2, 0.25) is 0 Å². The van der Waals surface area contributed by atoms with Crippen molar-refractivity contribution in [3.05, 3.63) is 35.9 Å². The second-order valence-corrected chi connectivity index (χ2v) is 10.1. The van der Waals surface area contributed by atoms with Crippen molar-refractivity contribution in [3.63, 3.8) is 0 Å². The number of rotatable bonds is 8. The monoisotopic (exact) mass is 442 g/mol. The number of hydrogen-bond acceptors (Lipinski definition) is 4. The van der Waals surface area contributed by atoms with Crippen LogP contribution in [0.3, 0.4) is 0 Å². The summed E-state index contributed by atoms with van der Waals surface area (Å²) in [6.45, 7) is 1.63. The first-order valence-corrected chi connectivity index (χ1v) is 12.1. The Morgan fingerprint density at radius 3 is 2.41 bits per heavy atom. The Balaban J connectivity index is 1.54. The van der Waals surface area contributed by atoms with Gasteiger partial charge < -0.3 is 20.2 Å². The average molecular weight is 443 g/mol. The van der Waals surface area contributed by atoms with Crippen molar-refractivity contribution in [1.82, 2.24) is 20.0 Å². The Hall–Kier alpha value is -2.12. The third kappa shape index (κ3) is 4.25. The molecule has 3 amide bonds. The predicted molar refractivity (Wildman–Crippen MR) is 124 cm³/mol. The number of aliphatic hydroxyl groups excluding tert-OH is 1. The topological polar surface area (TPSA) is 76.1 Å². The lowest BCUT2D eigenvalue weighted by molar-refractivity contribution is -0.121. The highest BCUT2D eigenvalue weighted by atomic mass is 16.3. The lowest BCUT2D eigenvalue weighted by Crippen LogP contribution is -2.56. The molecule has 1 heterocycles. The van der Waals surface area contributed by atoms with E-state index in [1.165, 1.54) is 24.8 Å². The fraction of sp³-hybridized carbons (Fsp3) is 0.680. The molecule has 0 unspecified atom stereocenters. The zero-order valence-electron chi connectivity index (χ0n) is 19.6. The van der Waals surface area contributed by atoms with E-state index in [4.69, 9.17) is 5.11 Å². The van der Waals surface area contributed by atoms with Gasteiger partial charge in [0, 0.05) is 25.2 Å². The first-order valence-electron chi connectivity index (χ1n) is 12.1. The summed E-state index contributed by atoms with van der Waals surface area (Å²) in [6.07, 6.45) is 7.50. The molecule has 0 radical (unpaired) electrons. The van der Waals surface area contributed by atoms with Crippen molar-refractivity contribution in [1.29, 1.82) is 0 Å². The minimum absolute atomic E-state index is 0.00751. The Bertz CT molecular complexity index is 801. The SMILES string of the molecule is CN(C)[C@]1(c2ccccc2)CC[C@]2(CC1)CN(CC(=O)NCCO)C(=O)N2CC1CCC1. The van der Waals surface area contributed by atoms with Crippen LogP contribution in [0, 0.1) is 5.92 Å². The molecular formula is C25H38N4O3. The fourth-order valence-electron chi connectivity index (χ4n) is 5.93. The molecular weight excluding hydrogens is 404 g/mol. The molecule has 2 saturated carbocycles. The molecule has 0 aromatic heterocycles. The molecule has 32 heavy (non-hydrogen) atoms. The van der Waals surface area contributed by atoms with Gasteiger partial charge in [0.05, 0.1) is 12.1 Å². The number of nitrogens with zero attached hydrogens (tertiary/aromatic N) is 3. The normalized spacial score (nSPS) is 28.4. The molecule has 2 aliphatic carbocycles. The molecule has 1 spiro atoms. The van der Waals surface area contributed by atoms with E-state index in [0.717, 1.165) is 32.2 Å². The van der Waals surface area contributed by atoms with Crippen LogP contribution in [0.5, 0.6) is 0 Å². The molecule has 1 saturated heterocycles. The first-order chi connectivity index (χ1) is 15.4. The van der Waals surface area contributed by atoms with Crippen LogP contribution < -0.4 is 5.32 Å². The Labute approximate surface area is 191 Å². The third-order valence-corrected chi connectivity index (χ3v) is 8.17. The van der Waals surface area contributed by atoms with Crippen LogP contribution >= 0.6 is 0 Å². The molecule has 176 valence electrons. The largest absolute Gasteiger partial charge is 0.395 e. The van der Waals surface area contributed by atoms with E-state index in [-0.39, 0.29) is 42.7 Å². The van der Waals surface area contributed by atoms with Gasteiger partial charge in [0.2, 0.25) is 5.91 Å². The minimum Gasteiger partial charge on any atom is -0.395 e. The second kappa shape index (κ2) is 9.40. The molecule has 1 aliphatic heterocycles. The zero-order chi connectivity index (χ0) is 22.8. The summed E-state index contributed by atoms with van der Waals surface area (Å²) < 4.78 is 0. The summed E-state index contributed by atoms with van der Waals surface area (Å²) in [5, 5.41) is 11.7. The number of hydrogen-bond donors (Lipinski definition) is 2. The van der Waals surface area contributed by atoms with Crippen molar-refractivity contribution in [2.45, 2.75) is 56.0 Å². The third-order valence-electron chi connectivity index (χ3n) is 8.17. The molecule has 2 N–H and O–H groups in total. The Kier molecular flexibility index (Phi) is 6.77. The lowest BCUT2D eigenvalue weighted by atomic mass is 9.68. The summed E-state index contributed by atoms with van der Waals surface area (Å²) in [7, 11) is 4.32. The summed E-state index contributed by atoms with van der Waals surface area (Å²) in [4.78, 5) is 32.0.